The minimum atomic E-state index is -1.46. The Morgan fingerprint density at radius 2 is 1.19 bits per heavy atom. The smallest absolute Gasteiger partial charge is 0.377 e. The fourth-order valence-corrected chi connectivity index (χ4v) is 6.28. The molecule has 0 fully saturated rings. The topological polar surface area (TPSA) is 2.70 Å². The van der Waals surface area contributed by atoms with Crippen molar-refractivity contribution in [1.29, 1.82) is 0 Å². The minimum absolute atomic E-state index is 0.921. The Balaban J connectivity index is 1.76. The van der Waals surface area contributed by atoms with E-state index in [4.69, 9.17) is 0 Å². The maximum Gasteiger partial charge on any atom is 0.377 e. The standard InChI is InChI=1S/C34H31BO/c1-26-17-21-32(22-18-26)35(31-15-7-4-8-16-31)34(30-20-19-27-11-9-10-14-29(27)25-30)33(23-24-36(35)2)28-12-5-3-6-13-28/h3-22,25H,23-24H2,1-2H3. The van der Waals surface area contributed by atoms with E-state index in [1.54, 1.807) is 0 Å². The second-order valence-electron chi connectivity index (χ2n) is 10.1. The first-order chi connectivity index (χ1) is 17.7. The molecule has 0 N–H and O–H groups in total. The molecule has 0 aliphatic carbocycles. The first kappa shape index (κ1) is 22.6. The number of hydrogen-bond acceptors (Lipinski definition) is 0. The molecule has 0 amide bonds. The van der Waals surface area contributed by atoms with E-state index in [0.29, 0.717) is 0 Å². The molecule has 1 heterocycles. The summed E-state index contributed by atoms with van der Waals surface area (Å²) in [4.78, 5) is 0. The molecule has 1 atom stereocenters. The molecule has 176 valence electrons. The van der Waals surface area contributed by atoms with Crippen molar-refractivity contribution in [2.24, 2.45) is 0 Å². The van der Waals surface area contributed by atoms with Gasteiger partial charge in [-0.15, -0.1) is 16.4 Å². The van der Waals surface area contributed by atoms with Crippen molar-refractivity contribution in [2.45, 2.75) is 13.3 Å². The molecule has 0 saturated heterocycles. The van der Waals surface area contributed by atoms with Crippen molar-refractivity contribution in [3.05, 3.63) is 144 Å². The van der Waals surface area contributed by atoms with Gasteiger partial charge in [0, 0.05) is 6.42 Å². The average Bonchev–Trinajstić information content (AvgIpc) is 2.94. The van der Waals surface area contributed by atoms with E-state index < -0.39 is 6.35 Å². The van der Waals surface area contributed by atoms with Gasteiger partial charge in [0.05, 0.1) is 7.11 Å². The summed E-state index contributed by atoms with van der Waals surface area (Å²) >= 11 is 0. The Morgan fingerprint density at radius 1 is 0.583 bits per heavy atom. The second kappa shape index (κ2) is 9.30. The first-order valence-corrected chi connectivity index (χ1v) is 12.9. The Hall–Kier alpha value is -3.88. The molecule has 2 heteroatoms. The summed E-state index contributed by atoms with van der Waals surface area (Å²) in [5, 5.41) is 2.54. The zero-order valence-corrected chi connectivity index (χ0v) is 21.0. The number of hydrogen-bond donors (Lipinski definition) is 0. The summed E-state index contributed by atoms with van der Waals surface area (Å²) in [5.41, 5.74) is 9.36. The molecule has 1 unspecified atom stereocenters. The molecule has 6 rings (SSSR count). The van der Waals surface area contributed by atoms with Crippen LogP contribution < -0.4 is 10.9 Å². The molecule has 0 aromatic heterocycles. The quantitative estimate of drug-likeness (QED) is 0.199. The van der Waals surface area contributed by atoms with Crippen LogP contribution in [-0.4, -0.2) is 20.1 Å². The zero-order chi connectivity index (χ0) is 24.5. The fourth-order valence-electron chi connectivity index (χ4n) is 6.28. The molecule has 0 radical (unpaired) electrons. The second-order valence-corrected chi connectivity index (χ2v) is 10.1. The molecule has 0 saturated carbocycles. The fraction of sp³-hybridized carbons (Fsp3) is 0.118. The van der Waals surface area contributed by atoms with Gasteiger partial charge in [0.25, 0.3) is 0 Å². The lowest BCUT2D eigenvalue weighted by molar-refractivity contribution is 0.0582. The Morgan fingerprint density at radius 3 is 1.92 bits per heavy atom. The zero-order valence-electron chi connectivity index (χ0n) is 21.0. The summed E-state index contributed by atoms with van der Waals surface area (Å²) in [7, 11) is 2.23. The summed E-state index contributed by atoms with van der Waals surface area (Å²) in [6.45, 7) is 3.09. The van der Waals surface area contributed by atoms with E-state index in [-0.39, 0.29) is 0 Å². The highest BCUT2D eigenvalue weighted by atomic mass is 16.6. The molecular weight excluding hydrogens is 435 g/mol. The average molecular weight is 466 g/mol. The largest absolute Gasteiger partial charge is 0.662 e. The normalized spacial score (nSPS) is 18.5. The summed E-state index contributed by atoms with van der Waals surface area (Å²) in [6, 6.07) is 46.9. The van der Waals surface area contributed by atoms with E-state index in [1.807, 2.05) is 0 Å². The third kappa shape index (κ3) is 3.70. The Kier molecular flexibility index (Phi) is 5.83. The van der Waals surface area contributed by atoms with E-state index >= 15 is 0 Å². The van der Waals surface area contributed by atoms with Gasteiger partial charge in [-0.25, -0.2) is 0 Å². The van der Waals surface area contributed by atoms with Gasteiger partial charge in [0.2, 0.25) is 0 Å². The van der Waals surface area contributed by atoms with Crippen molar-refractivity contribution < 1.29 is 4.28 Å². The maximum absolute atomic E-state index is 3.68. The summed E-state index contributed by atoms with van der Waals surface area (Å²) in [5.74, 6) is 0. The predicted molar refractivity (Wildman–Crippen MR) is 156 cm³/mol. The van der Waals surface area contributed by atoms with Crippen LogP contribution in [0.5, 0.6) is 0 Å². The van der Waals surface area contributed by atoms with Gasteiger partial charge in [-0.2, -0.15) is 0 Å². The highest BCUT2D eigenvalue weighted by molar-refractivity contribution is 7.12. The summed E-state index contributed by atoms with van der Waals surface area (Å²) < 4.78 is 3.68. The van der Waals surface area contributed by atoms with E-state index in [0.717, 1.165) is 13.0 Å². The van der Waals surface area contributed by atoms with Crippen LogP contribution in [0.25, 0.3) is 21.8 Å². The van der Waals surface area contributed by atoms with Gasteiger partial charge in [0.15, 0.2) is 0 Å². The van der Waals surface area contributed by atoms with Gasteiger partial charge in [0.1, 0.15) is 6.61 Å². The van der Waals surface area contributed by atoms with E-state index in [9.17, 15) is 0 Å². The molecule has 1 aliphatic heterocycles. The molecule has 0 spiro atoms. The number of aryl methyl sites for hydroxylation is 1. The lowest BCUT2D eigenvalue weighted by Crippen LogP contribution is -2.68. The Bertz CT molecular complexity index is 1540. The molecular formula is C34H31BO. The number of fused-ring (bicyclic) bond motifs is 1. The first-order valence-electron chi connectivity index (χ1n) is 12.9. The van der Waals surface area contributed by atoms with E-state index in [1.165, 1.54) is 49.4 Å². The predicted octanol–water partition coefficient (Wildman–Crippen LogP) is 6.94. The number of rotatable bonds is 4. The minimum Gasteiger partial charge on any atom is -0.662 e. The van der Waals surface area contributed by atoms with Gasteiger partial charge >= 0.3 is 6.35 Å². The molecule has 1 aliphatic rings. The van der Waals surface area contributed by atoms with Crippen LogP contribution in [0.1, 0.15) is 23.1 Å². The monoisotopic (exact) mass is 466 g/mol. The van der Waals surface area contributed by atoms with Crippen LogP contribution in [0.15, 0.2) is 127 Å². The van der Waals surface area contributed by atoms with Crippen LogP contribution in [0.3, 0.4) is 0 Å². The van der Waals surface area contributed by atoms with Crippen molar-refractivity contribution in [3.8, 4) is 0 Å². The molecule has 0 bridgehead atoms. The SMILES string of the molecule is Cc1ccc([B-]2(c3ccccc3)C(c3ccc4ccccc4c3)=C(c3ccccc3)CC[O+]2C)cc1. The molecule has 1 nitrogen and oxygen atoms in total. The van der Waals surface area contributed by atoms with Crippen molar-refractivity contribution in [2.75, 3.05) is 13.7 Å². The van der Waals surface area contributed by atoms with Crippen molar-refractivity contribution >= 4 is 39.1 Å². The molecule has 36 heavy (non-hydrogen) atoms. The van der Waals surface area contributed by atoms with E-state index in [2.05, 4.69) is 146 Å². The Labute approximate surface area is 214 Å². The highest BCUT2D eigenvalue weighted by Crippen LogP contribution is 2.43. The van der Waals surface area contributed by atoms with Crippen LogP contribution in [0.4, 0.5) is 0 Å². The lowest BCUT2D eigenvalue weighted by Gasteiger charge is -2.52. The molecule has 5 aromatic rings. The maximum atomic E-state index is 3.68. The molecule has 5 aromatic carbocycles. The van der Waals surface area contributed by atoms with Crippen LogP contribution >= 0.6 is 0 Å². The van der Waals surface area contributed by atoms with Gasteiger partial charge < -0.3 is 4.28 Å². The van der Waals surface area contributed by atoms with Crippen LogP contribution in [0, 0.1) is 6.92 Å². The number of benzene rings is 5. The van der Waals surface area contributed by atoms with Crippen molar-refractivity contribution in [1.82, 2.24) is 0 Å². The highest BCUT2D eigenvalue weighted by Gasteiger charge is 2.49. The van der Waals surface area contributed by atoms with Gasteiger partial charge in [-0.05, 0) is 29.3 Å². The van der Waals surface area contributed by atoms with Crippen molar-refractivity contribution in [3.63, 3.8) is 0 Å². The third-order valence-electron chi connectivity index (χ3n) is 8.01. The summed E-state index contributed by atoms with van der Waals surface area (Å²) in [6.07, 6.45) is -0.479. The van der Waals surface area contributed by atoms with Gasteiger partial charge in [-0.1, -0.05) is 138 Å². The lowest BCUT2D eigenvalue weighted by atomic mass is 9.25. The van der Waals surface area contributed by atoms with Crippen LogP contribution in [-0.2, 0) is 4.28 Å². The van der Waals surface area contributed by atoms with Gasteiger partial charge in [-0.3, -0.25) is 0 Å². The van der Waals surface area contributed by atoms with Crippen LogP contribution in [0.2, 0.25) is 0 Å². The third-order valence-corrected chi connectivity index (χ3v) is 8.01.